The van der Waals surface area contributed by atoms with Crippen LogP contribution in [0.25, 0.3) is 0 Å². The molecule has 2 heterocycles. The summed E-state index contributed by atoms with van der Waals surface area (Å²) in [6.07, 6.45) is 13.0. The summed E-state index contributed by atoms with van der Waals surface area (Å²) in [5, 5.41) is 2.14. The summed E-state index contributed by atoms with van der Waals surface area (Å²) in [6.45, 7) is 7.04. The van der Waals surface area contributed by atoms with Crippen molar-refractivity contribution in [2.24, 2.45) is 5.73 Å². The third kappa shape index (κ3) is 4.51. The molecule has 0 saturated heterocycles. The molecule has 142 valence electrons. The molecule has 0 amide bonds. The lowest BCUT2D eigenvalue weighted by molar-refractivity contribution is 0.286. The van der Waals surface area contributed by atoms with Crippen LogP contribution < -0.4 is 21.0 Å². The van der Waals surface area contributed by atoms with E-state index < -0.39 is 0 Å². The zero-order chi connectivity index (χ0) is 18.4. The number of anilines is 2. The molecule has 0 aromatic heterocycles. The number of nitrogens with zero attached hydrogens (tertiary/aromatic N) is 4. The van der Waals surface area contributed by atoms with Crippen LogP contribution in [-0.4, -0.2) is 36.0 Å². The summed E-state index contributed by atoms with van der Waals surface area (Å²) >= 11 is 0. The molecular formula is C20H32N6. The average Bonchev–Trinajstić information content (AvgIpc) is 3.32. The highest BCUT2D eigenvalue weighted by atomic mass is 15.6. The van der Waals surface area contributed by atoms with E-state index in [0.29, 0.717) is 0 Å². The topological polar surface area (TPSA) is 51.0 Å². The Bertz CT molecular complexity index is 628. The van der Waals surface area contributed by atoms with Crippen LogP contribution in [0.15, 0.2) is 49.1 Å². The summed E-state index contributed by atoms with van der Waals surface area (Å²) in [4.78, 5) is 6.70. The fraction of sp³-hybridized carbons (Fsp3) is 0.500. The Labute approximate surface area is 157 Å². The quantitative estimate of drug-likeness (QED) is 0.663. The minimum atomic E-state index is 0.0914. The number of rotatable bonds is 9. The highest BCUT2D eigenvalue weighted by molar-refractivity contribution is 5.62. The molecule has 0 bridgehead atoms. The van der Waals surface area contributed by atoms with Crippen molar-refractivity contribution >= 4 is 11.4 Å². The zero-order valence-electron chi connectivity index (χ0n) is 16.0. The average molecular weight is 357 g/mol. The van der Waals surface area contributed by atoms with Gasteiger partial charge in [-0.05, 0) is 31.0 Å². The van der Waals surface area contributed by atoms with E-state index in [4.69, 9.17) is 5.73 Å². The van der Waals surface area contributed by atoms with Gasteiger partial charge in [0.25, 0.3) is 0 Å². The fourth-order valence-corrected chi connectivity index (χ4v) is 3.22. The normalized spacial score (nSPS) is 17.7. The molecule has 1 aromatic carbocycles. The van der Waals surface area contributed by atoms with E-state index in [1.54, 1.807) is 0 Å². The van der Waals surface area contributed by atoms with Crippen LogP contribution in [0.3, 0.4) is 0 Å². The minimum Gasteiger partial charge on any atom is -0.343 e. The van der Waals surface area contributed by atoms with Crippen LogP contribution in [-0.2, 0) is 0 Å². The van der Waals surface area contributed by atoms with Crippen LogP contribution in [0.1, 0.15) is 39.5 Å². The van der Waals surface area contributed by atoms with Crippen molar-refractivity contribution in [1.82, 2.24) is 15.3 Å². The third-order valence-corrected chi connectivity index (χ3v) is 4.83. The van der Waals surface area contributed by atoms with E-state index in [-0.39, 0.29) is 6.17 Å². The smallest absolute Gasteiger partial charge is 0.109 e. The molecule has 6 nitrogen and oxygen atoms in total. The van der Waals surface area contributed by atoms with Crippen molar-refractivity contribution in [2.75, 3.05) is 29.7 Å². The van der Waals surface area contributed by atoms with E-state index in [1.165, 1.54) is 24.2 Å². The Morgan fingerprint density at radius 3 is 2.46 bits per heavy atom. The first-order valence-corrected chi connectivity index (χ1v) is 9.72. The first-order chi connectivity index (χ1) is 12.7. The summed E-state index contributed by atoms with van der Waals surface area (Å²) in [6, 6.07) is 8.66. The first-order valence-electron chi connectivity index (χ1n) is 9.72. The maximum atomic E-state index is 6.24. The molecular weight excluding hydrogens is 324 g/mol. The van der Waals surface area contributed by atoms with Gasteiger partial charge in [0.2, 0.25) is 0 Å². The standard InChI is InChI=1S/C20H32N6/c1-3-5-10-22-26-14-13-24(17-26)19-9-6-8-18(15-19)23-11-12-25(16-23)20(21)7-4-2/h6,8-9,11-15,20,22H,3-5,7,10,16-17,21H2,1-2H3. The largest absolute Gasteiger partial charge is 0.343 e. The molecule has 0 fully saturated rings. The Hall–Kier alpha value is -2.18. The van der Waals surface area contributed by atoms with Gasteiger partial charge in [0.05, 0.1) is 12.8 Å². The van der Waals surface area contributed by atoms with Crippen molar-refractivity contribution in [2.45, 2.75) is 45.7 Å². The molecule has 1 aromatic rings. The highest BCUT2D eigenvalue weighted by Crippen LogP contribution is 2.27. The van der Waals surface area contributed by atoms with E-state index in [9.17, 15) is 0 Å². The number of nitrogens with one attached hydrogen (secondary N) is 1. The van der Waals surface area contributed by atoms with Gasteiger partial charge in [0, 0.05) is 42.7 Å². The molecule has 1 unspecified atom stereocenters. The summed E-state index contributed by atoms with van der Waals surface area (Å²) < 4.78 is 0. The summed E-state index contributed by atoms with van der Waals surface area (Å²) in [5.41, 5.74) is 12.1. The second-order valence-corrected chi connectivity index (χ2v) is 6.94. The van der Waals surface area contributed by atoms with Crippen LogP contribution in [0.5, 0.6) is 0 Å². The highest BCUT2D eigenvalue weighted by Gasteiger charge is 2.20. The number of hydrazine groups is 1. The Balaban J connectivity index is 1.58. The number of hydrogen-bond acceptors (Lipinski definition) is 6. The van der Waals surface area contributed by atoms with Crippen molar-refractivity contribution in [3.05, 3.63) is 49.1 Å². The SMILES string of the molecule is CCCCNN1C=CN(c2cccc(N3C=CN(C(N)CCC)C3)c2)C1. The minimum absolute atomic E-state index is 0.0914. The first kappa shape index (κ1) is 18.6. The van der Waals surface area contributed by atoms with Gasteiger partial charge in [-0.2, -0.15) is 0 Å². The van der Waals surface area contributed by atoms with E-state index in [2.05, 4.69) is 88.0 Å². The second-order valence-electron chi connectivity index (χ2n) is 6.94. The predicted octanol–water partition coefficient (Wildman–Crippen LogP) is 3.18. The molecule has 6 heteroatoms. The van der Waals surface area contributed by atoms with E-state index in [1.807, 2.05) is 0 Å². The molecule has 0 aliphatic carbocycles. The lowest BCUT2D eigenvalue weighted by Gasteiger charge is -2.27. The number of hydrogen-bond donors (Lipinski definition) is 2. The van der Waals surface area contributed by atoms with E-state index in [0.717, 1.165) is 32.7 Å². The molecule has 3 N–H and O–H groups in total. The summed E-state index contributed by atoms with van der Waals surface area (Å²) in [7, 11) is 0. The molecule has 1 atom stereocenters. The van der Waals surface area contributed by atoms with Crippen molar-refractivity contribution in [3.63, 3.8) is 0 Å². The van der Waals surface area contributed by atoms with Crippen LogP contribution in [0.2, 0.25) is 0 Å². The van der Waals surface area contributed by atoms with Crippen molar-refractivity contribution < 1.29 is 0 Å². The molecule has 0 radical (unpaired) electrons. The van der Waals surface area contributed by atoms with Gasteiger partial charge < -0.3 is 20.4 Å². The van der Waals surface area contributed by atoms with Gasteiger partial charge in [0.1, 0.15) is 6.67 Å². The molecule has 0 saturated carbocycles. The Morgan fingerprint density at radius 2 is 1.73 bits per heavy atom. The maximum Gasteiger partial charge on any atom is 0.109 e. The number of unbranched alkanes of at least 4 members (excludes halogenated alkanes) is 1. The number of benzene rings is 1. The van der Waals surface area contributed by atoms with Crippen LogP contribution in [0, 0.1) is 0 Å². The monoisotopic (exact) mass is 356 g/mol. The molecule has 3 rings (SSSR count). The van der Waals surface area contributed by atoms with Crippen LogP contribution in [0.4, 0.5) is 11.4 Å². The maximum absolute atomic E-state index is 6.24. The Morgan fingerprint density at radius 1 is 1.00 bits per heavy atom. The lowest BCUT2D eigenvalue weighted by Crippen LogP contribution is -2.40. The molecule has 2 aliphatic heterocycles. The van der Waals surface area contributed by atoms with Gasteiger partial charge in [-0.1, -0.05) is 32.8 Å². The Kier molecular flexibility index (Phi) is 6.41. The molecule has 26 heavy (non-hydrogen) atoms. The fourth-order valence-electron chi connectivity index (χ4n) is 3.22. The molecule has 2 aliphatic rings. The summed E-state index contributed by atoms with van der Waals surface area (Å²) in [5.74, 6) is 0. The van der Waals surface area contributed by atoms with Gasteiger partial charge in [-0.25, -0.2) is 5.43 Å². The lowest BCUT2D eigenvalue weighted by atomic mass is 10.2. The predicted molar refractivity (Wildman–Crippen MR) is 109 cm³/mol. The zero-order valence-corrected chi connectivity index (χ0v) is 16.0. The third-order valence-electron chi connectivity index (χ3n) is 4.83. The van der Waals surface area contributed by atoms with E-state index >= 15 is 0 Å². The van der Waals surface area contributed by atoms with Crippen LogP contribution >= 0.6 is 0 Å². The van der Waals surface area contributed by atoms with Crippen molar-refractivity contribution in [3.8, 4) is 0 Å². The van der Waals surface area contributed by atoms with Gasteiger partial charge in [-0.3, -0.25) is 5.01 Å². The second kappa shape index (κ2) is 8.96. The molecule has 0 spiro atoms. The number of nitrogens with two attached hydrogens (primary N) is 1. The van der Waals surface area contributed by atoms with Crippen molar-refractivity contribution in [1.29, 1.82) is 0 Å². The van der Waals surface area contributed by atoms with Gasteiger partial charge in [-0.15, -0.1) is 0 Å². The van der Waals surface area contributed by atoms with Gasteiger partial charge >= 0.3 is 0 Å². The van der Waals surface area contributed by atoms with Gasteiger partial charge in [0.15, 0.2) is 0 Å².